The second kappa shape index (κ2) is 5.07. The second-order valence-electron chi connectivity index (χ2n) is 3.76. The molecule has 0 aliphatic rings. The van der Waals surface area contributed by atoms with Crippen molar-refractivity contribution in [1.82, 2.24) is 4.98 Å². The first-order chi connectivity index (χ1) is 8.99. The first-order valence-electron chi connectivity index (χ1n) is 5.27. The molecule has 0 bridgehead atoms. The van der Waals surface area contributed by atoms with Crippen LogP contribution in [-0.4, -0.2) is 27.1 Å². The summed E-state index contributed by atoms with van der Waals surface area (Å²) in [5.74, 6) is -1.83. The zero-order valence-corrected chi connectivity index (χ0v) is 10.7. The Morgan fingerprint density at radius 1 is 1.37 bits per heavy atom. The van der Waals surface area contributed by atoms with Crippen molar-refractivity contribution in [3.8, 4) is 5.75 Å². The monoisotopic (exact) mass is 278 g/mol. The number of amides is 1. The predicted molar refractivity (Wildman–Crippen MR) is 69.9 cm³/mol. The van der Waals surface area contributed by atoms with Gasteiger partial charge < -0.3 is 15.5 Å². The molecule has 98 valence electrons. The largest absolute Gasteiger partial charge is 0.508 e. The number of aromatic hydroxyl groups is 1. The molecule has 0 aliphatic heterocycles. The van der Waals surface area contributed by atoms with Gasteiger partial charge in [0.05, 0.1) is 22.5 Å². The number of hydrogen-bond acceptors (Lipinski definition) is 5. The summed E-state index contributed by atoms with van der Waals surface area (Å²) in [7, 11) is 0. The number of aromatic nitrogens is 1. The smallest absolute Gasteiger partial charge is 0.337 e. The van der Waals surface area contributed by atoms with E-state index >= 15 is 0 Å². The van der Waals surface area contributed by atoms with Crippen LogP contribution in [0.15, 0.2) is 23.7 Å². The molecule has 0 unspecified atom stereocenters. The topological polar surface area (TPSA) is 99.5 Å². The summed E-state index contributed by atoms with van der Waals surface area (Å²) >= 11 is 1.17. The van der Waals surface area contributed by atoms with Gasteiger partial charge in [0.15, 0.2) is 0 Å². The van der Waals surface area contributed by atoms with Crippen molar-refractivity contribution in [2.45, 2.75) is 6.92 Å². The maximum atomic E-state index is 12.0. The number of carbonyl (C=O) groups is 2. The van der Waals surface area contributed by atoms with E-state index in [1.165, 1.54) is 23.5 Å². The zero-order valence-electron chi connectivity index (χ0n) is 9.88. The van der Waals surface area contributed by atoms with Crippen LogP contribution in [0.1, 0.15) is 25.7 Å². The van der Waals surface area contributed by atoms with Gasteiger partial charge in [0, 0.05) is 0 Å². The van der Waals surface area contributed by atoms with Crippen molar-refractivity contribution in [3.63, 3.8) is 0 Å². The average Bonchev–Trinajstić information content (AvgIpc) is 2.77. The van der Waals surface area contributed by atoms with Crippen LogP contribution in [0.2, 0.25) is 0 Å². The molecule has 19 heavy (non-hydrogen) atoms. The first kappa shape index (κ1) is 13.0. The molecule has 7 heteroatoms. The minimum atomic E-state index is -1.23. The van der Waals surface area contributed by atoms with E-state index in [1.54, 1.807) is 12.4 Å². The summed E-state index contributed by atoms with van der Waals surface area (Å²) in [5, 5.41) is 20.8. The van der Waals surface area contributed by atoms with Crippen molar-refractivity contribution < 1.29 is 19.8 Å². The molecule has 0 atom stereocenters. The number of aromatic carboxylic acids is 1. The lowest BCUT2D eigenvalue weighted by molar-refractivity contribution is 0.0697. The quantitative estimate of drug-likeness (QED) is 0.747. The van der Waals surface area contributed by atoms with E-state index in [1.807, 2.05) is 0 Å². The van der Waals surface area contributed by atoms with Crippen LogP contribution in [0, 0.1) is 6.92 Å². The summed E-state index contributed by atoms with van der Waals surface area (Å²) in [4.78, 5) is 27.4. The summed E-state index contributed by atoms with van der Waals surface area (Å²) in [6.45, 7) is 1.69. The lowest BCUT2D eigenvalue weighted by Crippen LogP contribution is -2.14. The van der Waals surface area contributed by atoms with Gasteiger partial charge >= 0.3 is 5.97 Å². The van der Waals surface area contributed by atoms with Crippen LogP contribution in [0.4, 0.5) is 5.69 Å². The Labute approximate surface area is 112 Å². The Morgan fingerprint density at radius 2 is 2.11 bits per heavy atom. The number of benzene rings is 1. The van der Waals surface area contributed by atoms with Crippen molar-refractivity contribution in [2.24, 2.45) is 0 Å². The third kappa shape index (κ3) is 2.71. The second-order valence-corrected chi connectivity index (χ2v) is 4.61. The van der Waals surface area contributed by atoms with Gasteiger partial charge in [-0.15, -0.1) is 11.3 Å². The van der Waals surface area contributed by atoms with Gasteiger partial charge in [0.25, 0.3) is 5.91 Å². The molecule has 1 heterocycles. The molecular weight excluding hydrogens is 268 g/mol. The number of thiazole rings is 1. The molecule has 0 saturated carbocycles. The number of carboxylic acid groups (broad SMARTS) is 1. The molecule has 0 spiro atoms. The number of nitrogens with zero attached hydrogens (tertiary/aromatic N) is 1. The van der Waals surface area contributed by atoms with Crippen molar-refractivity contribution in [2.75, 3.05) is 5.32 Å². The van der Waals surface area contributed by atoms with Gasteiger partial charge in [-0.2, -0.15) is 0 Å². The SMILES string of the molecule is Cc1ncsc1C(=O)Nc1ccc(O)cc1C(=O)O. The Bertz CT molecular complexity index is 651. The van der Waals surface area contributed by atoms with Gasteiger partial charge in [-0.25, -0.2) is 9.78 Å². The highest BCUT2D eigenvalue weighted by atomic mass is 32.1. The van der Waals surface area contributed by atoms with Crippen LogP contribution in [-0.2, 0) is 0 Å². The summed E-state index contributed by atoms with van der Waals surface area (Å²) in [6, 6.07) is 3.73. The van der Waals surface area contributed by atoms with Crippen molar-refractivity contribution in [3.05, 3.63) is 39.8 Å². The van der Waals surface area contributed by atoms with E-state index in [2.05, 4.69) is 10.3 Å². The molecule has 6 nitrogen and oxygen atoms in total. The number of anilines is 1. The fourth-order valence-corrected chi connectivity index (χ4v) is 2.21. The molecule has 1 aromatic carbocycles. The molecule has 3 N–H and O–H groups in total. The number of aryl methyl sites for hydroxylation is 1. The van der Waals surface area contributed by atoms with Crippen LogP contribution in [0.25, 0.3) is 0 Å². The normalized spacial score (nSPS) is 10.2. The summed E-state index contributed by atoms with van der Waals surface area (Å²) in [6.07, 6.45) is 0. The molecule has 2 aromatic rings. The number of nitrogens with one attached hydrogen (secondary N) is 1. The highest BCUT2D eigenvalue weighted by molar-refractivity contribution is 7.12. The van der Waals surface area contributed by atoms with Gasteiger partial charge in [0.1, 0.15) is 10.6 Å². The first-order valence-corrected chi connectivity index (χ1v) is 6.14. The van der Waals surface area contributed by atoms with Crippen LogP contribution in [0.3, 0.4) is 0 Å². The number of phenols is 1. The molecule has 0 saturated heterocycles. The number of hydrogen-bond donors (Lipinski definition) is 3. The molecule has 0 fully saturated rings. The van der Waals surface area contributed by atoms with Gasteiger partial charge in [-0.3, -0.25) is 4.79 Å². The number of phenolic OH excluding ortho intramolecular Hbond substituents is 1. The van der Waals surface area contributed by atoms with Gasteiger partial charge in [-0.05, 0) is 25.1 Å². The maximum absolute atomic E-state index is 12.0. The number of carboxylic acids is 1. The standard InChI is InChI=1S/C12H10N2O4S/c1-6-10(19-5-13-6)11(16)14-9-3-2-7(15)4-8(9)12(17)18/h2-5,15H,1H3,(H,14,16)(H,17,18). The Hall–Kier alpha value is -2.41. The molecule has 1 aromatic heterocycles. The lowest BCUT2D eigenvalue weighted by Gasteiger charge is -2.08. The molecule has 0 aliphatic carbocycles. The minimum absolute atomic E-state index is 0.128. The lowest BCUT2D eigenvalue weighted by atomic mass is 10.1. The van der Waals surface area contributed by atoms with Crippen molar-refractivity contribution in [1.29, 1.82) is 0 Å². The number of carbonyl (C=O) groups excluding carboxylic acids is 1. The summed E-state index contributed by atoms with van der Waals surface area (Å²) < 4.78 is 0. The third-order valence-electron chi connectivity index (χ3n) is 2.43. The van der Waals surface area contributed by atoms with Gasteiger partial charge in [-0.1, -0.05) is 0 Å². The van der Waals surface area contributed by atoms with E-state index in [9.17, 15) is 14.7 Å². The fraction of sp³-hybridized carbons (Fsp3) is 0.0833. The van der Waals surface area contributed by atoms with E-state index in [0.29, 0.717) is 10.6 Å². The Balaban J connectivity index is 2.32. The fourth-order valence-electron chi connectivity index (χ4n) is 1.52. The average molecular weight is 278 g/mol. The van der Waals surface area contributed by atoms with E-state index in [0.717, 1.165) is 6.07 Å². The van der Waals surface area contributed by atoms with Crippen molar-refractivity contribution >= 4 is 28.9 Å². The number of rotatable bonds is 3. The Kier molecular flexibility index (Phi) is 3.48. The van der Waals surface area contributed by atoms with Crippen LogP contribution >= 0.6 is 11.3 Å². The van der Waals surface area contributed by atoms with Gasteiger partial charge in [0.2, 0.25) is 0 Å². The highest BCUT2D eigenvalue weighted by Gasteiger charge is 2.16. The van der Waals surface area contributed by atoms with Crippen LogP contribution < -0.4 is 5.32 Å². The van der Waals surface area contributed by atoms with E-state index in [4.69, 9.17) is 5.11 Å². The predicted octanol–water partition coefficient (Wildman–Crippen LogP) is 2.11. The minimum Gasteiger partial charge on any atom is -0.508 e. The highest BCUT2D eigenvalue weighted by Crippen LogP contribution is 2.23. The van der Waals surface area contributed by atoms with E-state index in [-0.39, 0.29) is 17.0 Å². The van der Waals surface area contributed by atoms with E-state index < -0.39 is 11.9 Å². The molecule has 1 amide bonds. The molecular formula is C12H10N2O4S. The maximum Gasteiger partial charge on any atom is 0.337 e. The van der Waals surface area contributed by atoms with Crippen LogP contribution in [0.5, 0.6) is 5.75 Å². The zero-order chi connectivity index (χ0) is 14.0. The molecule has 2 rings (SSSR count). The third-order valence-corrected chi connectivity index (χ3v) is 3.36. The summed E-state index contributed by atoms with van der Waals surface area (Å²) in [5.41, 5.74) is 2.08. The Morgan fingerprint density at radius 3 is 2.68 bits per heavy atom. The molecule has 0 radical (unpaired) electrons.